The van der Waals surface area contributed by atoms with Crippen LogP contribution in [-0.4, -0.2) is 11.0 Å². The van der Waals surface area contributed by atoms with Gasteiger partial charge in [0.25, 0.3) is 0 Å². The molecule has 0 saturated heterocycles. The number of nitriles is 1. The Labute approximate surface area is 212 Å². The standard InChI is InChI=1S/C29H21ClN2O2S/c1-2-27(33)34-25-9-4-3-8-23(25)29(19-10-13-26-24(15-19)32-17-35-26)28(18-6-5-7-18)22-12-11-21(30)14-20(22)16-31/h2-4,8-15,17-18H,1,5-7H2/b29-28+. The zero-order valence-corrected chi connectivity index (χ0v) is 20.4. The van der Waals surface area contributed by atoms with Gasteiger partial charge >= 0.3 is 5.97 Å². The van der Waals surface area contributed by atoms with Gasteiger partial charge in [0.05, 0.1) is 27.4 Å². The second-order valence-electron chi connectivity index (χ2n) is 8.37. The molecule has 0 radical (unpaired) electrons. The zero-order valence-electron chi connectivity index (χ0n) is 18.8. The molecule has 3 aromatic carbocycles. The van der Waals surface area contributed by atoms with Crippen LogP contribution in [0.3, 0.4) is 0 Å². The molecule has 1 heterocycles. The van der Waals surface area contributed by atoms with Crippen molar-refractivity contribution in [3.05, 3.63) is 106 Å². The highest BCUT2D eigenvalue weighted by molar-refractivity contribution is 7.16. The number of rotatable bonds is 6. The second kappa shape index (κ2) is 9.87. The first-order valence-electron chi connectivity index (χ1n) is 11.3. The fourth-order valence-electron chi connectivity index (χ4n) is 4.48. The van der Waals surface area contributed by atoms with E-state index in [9.17, 15) is 10.1 Å². The molecule has 1 saturated carbocycles. The average molecular weight is 497 g/mol. The summed E-state index contributed by atoms with van der Waals surface area (Å²) in [5.41, 5.74) is 7.81. The van der Waals surface area contributed by atoms with Gasteiger partial charge in [-0.05, 0) is 71.4 Å². The quantitative estimate of drug-likeness (QED) is 0.119. The maximum Gasteiger partial charge on any atom is 0.335 e. The van der Waals surface area contributed by atoms with Crippen LogP contribution in [0.2, 0.25) is 5.02 Å². The maximum atomic E-state index is 12.2. The predicted molar refractivity (Wildman–Crippen MR) is 141 cm³/mol. The lowest BCUT2D eigenvalue weighted by molar-refractivity contribution is -0.128. The van der Waals surface area contributed by atoms with Gasteiger partial charge in [-0.3, -0.25) is 0 Å². The molecule has 1 aromatic heterocycles. The van der Waals surface area contributed by atoms with Gasteiger partial charge in [0.2, 0.25) is 0 Å². The molecule has 4 nitrogen and oxygen atoms in total. The Balaban J connectivity index is 1.86. The molecular formula is C29H21ClN2O2S. The van der Waals surface area contributed by atoms with Gasteiger partial charge in [-0.2, -0.15) is 5.26 Å². The number of halogens is 1. The number of ether oxygens (including phenoxy) is 1. The number of hydrogen-bond acceptors (Lipinski definition) is 5. The first-order valence-corrected chi connectivity index (χ1v) is 12.6. The van der Waals surface area contributed by atoms with Crippen LogP contribution >= 0.6 is 22.9 Å². The molecule has 0 unspecified atom stereocenters. The number of nitrogens with zero attached hydrogens (tertiary/aromatic N) is 2. The Morgan fingerprint density at radius 3 is 2.71 bits per heavy atom. The fourth-order valence-corrected chi connectivity index (χ4v) is 5.31. The van der Waals surface area contributed by atoms with Crippen LogP contribution in [0, 0.1) is 17.2 Å². The van der Waals surface area contributed by atoms with Crippen molar-refractivity contribution in [2.45, 2.75) is 19.3 Å². The minimum absolute atomic E-state index is 0.257. The Bertz CT molecular complexity index is 1530. The third kappa shape index (κ3) is 4.51. The number of hydrogen-bond donors (Lipinski definition) is 0. The molecule has 6 heteroatoms. The van der Waals surface area contributed by atoms with Crippen molar-refractivity contribution < 1.29 is 9.53 Å². The van der Waals surface area contributed by atoms with E-state index in [2.05, 4.69) is 35.8 Å². The van der Waals surface area contributed by atoms with Crippen LogP contribution in [0.1, 0.15) is 41.5 Å². The topological polar surface area (TPSA) is 63.0 Å². The molecule has 5 rings (SSSR count). The van der Waals surface area contributed by atoms with Crippen molar-refractivity contribution in [3.8, 4) is 11.8 Å². The molecular weight excluding hydrogens is 476 g/mol. The summed E-state index contributed by atoms with van der Waals surface area (Å²) in [7, 11) is 0. The minimum atomic E-state index is -0.527. The number of benzene rings is 3. The van der Waals surface area contributed by atoms with Gasteiger partial charge in [0.1, 0.15) is 5.75 Å². The van der Waals surface area contributed by atoms with Crippen molar-refractivity contribution in [2.75, 3.05) is 0 Å². The van der Waals surface area contributed by atoms with E-state index in [0.29, 0.717) is 16.3 Å². The van der Waals surface area contributed by atoms with Gasteiger partial charge in [-0.1, -0.05) is 54.9 Å². The summed E-state index contributed by atoms with van der Waals surface area (Å²) in [5, 5.41) is 10.5. The number of fused-ring (bicyclic) bond motifs is 1. The number of para-hydroxylation sites is 1. The molecule has 0 amide bonds. The highest BCUT2D eigenvalue weighted by Gasteiger charge is 2.30. The Hall–Kier alpha value is -3.72. The predicted octanol–water partition coefficient (Wildman–Crippen LogP) is 7.67. The smallest absolute Gasteiger partial charge is 0.335 e. The van der Waals surface area contributed by atoms with E-state index in [1.165, 1.54) is 0 Å². The number of aromatic nitrogens is 1. The van der Waals surface area contributed by atoms with E-state index in [1.807, 2.05) is 35.8 Å². The van der Waals surface area contributed by atoms with E-state index in [-0.39, 0.29) is 5.92 Å². The monoisotopic (exact) mass is 496 g/mol. The van der Waals surface area contributed by atoms with Gasteiger partial charge in [0.15, 0.2) is 0 Å². The lowest BCUT2D eigenvalue weighted by atomic mass is 9.72. The van der Waals surface area contributed by atoms with Crippen molar-refractivity contribution in [3.63, 3.8) is 0 Å². The Kier molecular flexibility index (Phi) is 6.50. The largest absolute Gasteiger partial charge is 0.423 e. The van der Waals surface area contributed by atoms with Gasteiger partial charge < -0.3 is 4.74 Å². The van der Waals surface area contributed by atoms with E-state index >= 15 is 0 Å². The number of esters is 1. The first-order chi connectivity index (χ1) is 17.1. The second-order valence-corrected chi connectivity index (χ2v) is 9.70. The molecule has 172 valence electrons. The lowest BCUT2D eigenvalue weighted by Gasteiger charge is -2.32. The van der Waals surface area contributed by atoms with Gasteiger partial charge in [-0.25, -0.2) is 9.78 Å². The van der Waals surface area contributed by atoms with E-state index in [4.69, 9.17) is 16.3 Å². The van der Waals surface area contributed by atoms with E-state index < -0.39 is 5.97 Å². The highest BCUT2D eigenvalue weighted by atomic mass is 35.5. The van der Waals surface area contributed by atoms with Crippen LogP contribution in [0.25, 0.3) is 21.4 Å². The summed E-state index contributed by atoms with van der Waals surface area (Å²) in [6, 6.07) is 21.5. The molecule has 35 heavy (non-hydrogen) atoms. The van der Waals surface area contributed by atoms with Crippen molar-refractivity contribution in [1.29, 1.82) is 5.26 Å². The third-order valence-electron chi connectivity index (χ3n) is 6.33. The number of allylic oxidation sites excluding steroid dienone is 1. The summed E-state index contributed by atoms with van der Waals surface area (Å²) in [6.07, 6.45) is 4.30. The van der Waals surface area contributed by atoms with Crippen LogP contribution in [-0.2, 0) is 4.79 Å². The fraction of sp³-hybridized carbons (Fsp3) is 0.138. The summed E-state index contributed by atoms with van der Waals surface area (Å²) in [6.45, 7) is 3.54. The highest BCUT2D eigenvalue weighted by Crippen LogP contribution is 2.48. The summed E-state index contributed by atoms with van der Waals surface area (Å²) in [4.78, 5) is 16.7. The molecule has 0 atom stereocenters. The molecule has 0 spiro atoms. The summed E-state index contributed by atoms with van der Waals surface area (Å²) < 4.78 is 6.76. The Morgan fingerprint density at radius 2 is 1.97 bits per heavy atom. The zero-order chi connectivity index (χ0) is 24.4. The lowest BCUT2D eigenvalue weighted by Crippen LogP contribution is -2.16. The van der Waals surface area contributed by atoms with Crippen molar-refractivity contribution in [1.82, 2.24) is 4.98 Å². The number of carbonyl (C=O) groups excluding carboxylic acids is 1. The van der Waals surface area contributed by atoms with E-state index in [0.717, 1.165) is 63.4 Å². The third-order valence-corrected chi connectivity index (χ3v) is 7.37. The normalized spacial score (nSPS) is 14.1. The average Bonchev–Trinajstić information content (AvgIpc) is 3.31. The van der Waals surface area contributed by atoms with Crippen molar-refractivity contribution >= 4 is 50.3 Å². The Morgan fingerprint density at radius 1 is 1.14 bits per heavy atom. The number of thiazole rings is 1. The van der Waals surface area contributed by atoms with Crippen molar-refractivity contribution in [2.24, 2.45) is 5.92 Å². The SMILES string of the molecule is C=CC(=O)Oc1ccccc1/C(=C(/c1ccc(Cl)cc1C#N)C1CCC1)c1ccc2scnc2c1. The maximum absolute atomic E-state index is 12.2. The van der Waals surface area contributed by atoms with Crippen LogP contribution < -0.4 is 4.74 Å². The molecule has 4 aromatic rings. The molecule has 1 aliphatic carbocycles. The van der Waals surface area contributed by atoms with E-state index in [1.54, 1.807) is 23.5 Å². The molecule has 0 aliphatic heterocycles. The molecule has 1 aliphatic rings. The number of carbonyl (C=O) groups is 1. The molecule has 0 bridgehead atoms. The van der Waals surface area contributed by atoms with Gasteiger partial charge in [-0.15, -0.1) is 11.3 Å². The first kappa shape index (κ1) is 23.0. The molecule has 0 N–H and O–H groups in total. The van der Waals surface area contributed by atoms with Crippen LogP contribution in [0.5, 0.6) is 5.75 Å². The summed E-state index contributed by atoms with van der Waals surface area (Å²) >= 11 is 7.84. The molecule has 1 fully saturated rings. The summed E-state index contributed by atoms with van der Waals surface area (Å²) in [5.74, 6) is 0.170. The van der Waals surface area contributed by atoms with Gasteiger partial charge in [0, 0.05) is 16.7 Å². The van der Waals surface area contributed by atoms with Crippen LogP contribution in [0.15, 0.2) is 78.8 Å². The minimum Gasteiger partial charge on any atom is -0.423 e. The van der Waals surface area contributed by atoms with Crippen LogP contribution in [0.4, 0.5) is 0 Å².